The van der Waals surface area contributed by atoms with Crippen LogP contribution in [0.25, 0.3) is 0 Å². The maximum Gasteiger partial charge on any atom is 0.408 e. The van der Waals surface area contributed by atoms with Crippen molar-refractivity contribution in [1.29, 1.82) is 0 Å². The summed E-state index contributed by atoms with van der Waals surface area (Å²) >= 11 is 0. The van der Waals surface area contributed by atoms with Crippen LogP contribution in [-0.2, 0) is 4.74 Å². The molecule has 2 nitrogen and oxygen atoms in total. The predicted molar refractivity (Wildman–Crippen MR) is 30.5 cm³/mol. The summed E-state index contributed by atoms with van der Waals surface area (Å²) in [6, 6.07) is 0. The Morgan fingerprint density at radius 1 is 1.40 bits per heavy atom. The van der Waals surface area contributed by atoms with E-state index in [1.807, 2.05) is 0 Å². The average Bonchev–Trinajstić information content (AvgIpc) is 1.61. The zero-order valence-electron chi connectivity index (χ0n) is 5.83. The molecule has 0 saturated carbocycles. The molecule has 0 fully saturated rings. The van der Waals surface area contributed by atoms with E-state index >= 15 is 0 Å². The van der Waals surface area contributed by atoms with Crippen LogP contribution < -0.4 is 5.73 Å². The molecule has 2 N–H and O–H groups in total. The van der Waals surface area contributed by atoms with Gasteiger partial charge in [0.1, 0.15) is 5.54 Å². The van der Waals surface area contributed by atoms with Crippen molar-refractivity contribution >= 4 is 0 Å². The highest BCUT2D eigenvalue weighted by atomic mass is 19.4. The van der Waals surface area contributed by atoms with E-state index in [4.69, 9.17) is 5.73 Å². The Labute approximate surface area is 57.1 Å². The minimum Gasteiger partial charge on any atom is -0.382 e. The van der Waals surface area contributed by atoms with Gasteiger partial charge >= 0.3 is 6.18 Å². The van der Waals surface area contributed by atoms with Crippen LogP contribution >= 0.6 is 0 Å². The molecule has 0 saturated heterocycles. The maximum atomic E-state index is 11.8. The Bertz CT molecular complexity index is 110. The molecule has 0 aromatic rings. The summed E-state index contributed by atoms with van der Waals surface area (Å²) in [5.74, 6) is 0. The van der Waals surface area contributed by atoms with Crippen LogP contribution in [0.15, 0.2) is 0 Å². The van der Waals surface area contributed by atoms with Gasteiger partial charge in [-0.3, -0.25) is 0 Å². The minimum absolute atomic E-state index is 0.517. The topological polar surface area (TPSA) is 35.2 Å². The number of hydrogen-bond donors (Lipinski definition) is 1. The fourth-order valence-electron chi connectivity index (χ4n) is 0.382. The van der Waals surface area contributed by atoms with Gasteiger partial charge in [0.25, 0.3) is 0 Å². The molecular weight excluding hydrogens is 147 g/mol. The largest absolute Gasteiger partial charge is 0.408 e. The maximum absolute atomic E-state index is 11.8. The van der Waals surface area contributed by atoms with E-state index in [0.29, 0.717) is 0 Å². The number of methoxy groups -OCH3 is 1. The Kier molecular flexibility index (Phi) is 2.67. The molecule has 10 heavy (non-hydrogen) atoms. The van der Waals surface area contributed by atoms with Crippen LogP contribution in [0.1, 0.15) is 6.92 Å². The van der Waals surface area contributed by atoms with Crippen molar-refractivity contribution < 1.29 is 17.9 Å². The van der Waals surface area contributed by atoms with Gasteiger partial charge in [-0.05, 0) is 6.92 Å². The van der Waals surface area contributed by atoms with E-state index < -0.39 is 18.3 Å². The SMILES string of the molecule is COC[C@@](C)(N)C(F)(F)F. The van der Waals surface area contributed by atoms with Crippen LogP contribution in [0, 0.1) is 0 Å². The van der Waals surface area contributed by atoms with Gasteiger partial charge in [0.15, 0.2) is 0 Å². The Morgan fingerprint density at radius 3 is 1.90 bits per heavy atom. The lowest BCUT2D eigenvalue weighted by atomic mass is 10.1. The first kappa shape index (κ1) is 9.71. The molecule has 0 aliphatic rings. The van der Waals surface area contributed by atoms with Crippen LogP contribution in [0.3, 0.4) is 0 Å². The third kappa shape index (κ3) is 2.15. The molecule has 0 bridgehead atoms. The Balaban J connectivity index is 4.10. The van der Waals surface area contributed by atoms with E-state index in [9.17, 15) is 13.2 Å². The van der Waals surface area contributed by atoms with Crippen molar-refractivity contribution in [1.82, 2.24) is 0 Å². The van der Waals surface area contributed by atoms with Crippen LogP contribution in [-0.4, -0.2) is 25.4 Å². The molecule has 0 rings (SSSR count). The van der Waals surface area contributed by atoms with Gasteiger partial charge in [-0.25, -0.2) is 0 Å². The molecule has 0 aliphatic carbocycles. The second-order valence-electron chi connectivity index (χ2n) is 2.35. The van der Waals surface area contributed by atoms with Gasteiger partial charge in [-0.1, -0.05) is 0 Å². The highest BCUT2D eigenvalue weighted by Crippen LogP contribution is 2.27. The van der Waals surface area contributed by atoms with Crippen molar-refractivity contribution in [3.05, 3.63) is 0 Å². The average molecular weight is 157 g/mol. The van der Waals surface area contributed by atoms with Crippen molar-refractivity contribution in [2.24, 2.45) is 5.73 Å². The molecule has 1 atom stereocenters. The summed E-state index contributed by atoms with van der Waals surface area (Å²) in [5.41, 5.74) is 2.62. The number of rotatable bonds is 2. The molecule has 0 unspecified atom stereocenters. The summed E-state index contributed by atoms with van der Waals surface area (Å²) < 4.78 is 39.7. The van der Waals surface area contributed by atoms with Crippen molar-refractivity contribution in [3.63, 3.8) is 0 Å². The second-order valence-corrected chi connectivity index (χ2v) is 2.35. The zero-order valence-corrected chi connectivity index (χ0v) is 5.83. The molecule has 0 aliphatic heterocycles. The number of halogens is 3. The first-order valence-corrected chi connectivity index (χ1v) is 2.66. The highest BCUT2D eigenvalue weighted by molar-refractivity contribution is 4.86. The van der Waals surface area contributed by atoms with Crippen molar-refractivity contribution in [2.45, 2.75) is 18.6 Å². The molecule has 0 heterocycles. The molecule has 62 valence electrons. The molecule has 0 aromatic carbocycles. The molecule has 0 radical (unpaired) electrons. The Hall–Kier alpha value is -0.290. The zero-order chi connectivity index (χ0) is 8.41. The highest BCUT2D eigenvalue weighted by Gasteiger charge is 2.48. The molecule has 0 amide bonds. The van der Waals surface area contributed by atoms with E-state index in [0.717, 1.165) is 6.92 Å². The number of nitrogens with two attached hydrogens (primary N) is 1. The van der Waals surface area contributed by atoms with E-state index in [1.165, 1.54) is 7.11 Å². The van der Waals surface area contributed by atoms with Gasteiger partial charge in [0.2, 0.25) is 0 Å². The standard InChI is InChI=1S/C5H10F3NO/c1-4(9,3-10-2)5(6,7)8/h3,9H2,1-2H3/t4-/m1/s1. The molecular formula is C5H10F3NO. The first-order valence-electron chi connectivity index (χ1n) is 2.66. The van der Waals surface area contributed by atoms with Gasteiger partial charge in [-0.15, -0.1) is 0 Å². The van der Waals surface area contributed by atoms with Gasteiger partial charge in [-0.2, -0.15) is 13.2 Å². The summed E-state index contributed by atoms with van der Waals surface area (Å²) in [6.07, 6.45) is -4.40. The number of hydrogen-bond acceptors (Lipinski definition) is 2. The van der Waals surface area contributed by atoms with Crippen molar-refractivity contribution in [2.75, 3.05) is 13.7 Å². The van der Waals surface area contributed by atoms with Crippen LogP contribution in [0.2, 0.25) is 0 Å². The normalized spacial score (nSPS) is 18.6. The Morgan fingerprint density at radius 2 is 1.80 bits per heavy atom. The summed E-state index contributed by atoms with van der Waals surface area (Å²) in [6.45, 7) is 0.368. The van der Waals surface area contributed by atoms with E-state index in [1.54, 1.807) is 0 Å². The minimum atomic E-state index is -4.40. The van der Waals surface area contributed by atoms with Gasteiger partial charge < -0.3 is 10.5 Å². The van der Waals surface area contributed by atoms with Crippen LogP contribution in [0.5, 0.6) is 0 Å². The second kappa shape index (κ2) is 2.75. The van der Waals surface area contributed by atoms with Gasteiger partial charge in [0, 0.05) is 7.11 Å². The summed E-state index contributed by atoms with van der Waals surface area (Å²) in [4.78, 5) is 0. The number of alkyl halides is 3. The van der Waals surface area contributed by atoms with Crippen LogP contribution in [0.4, 0.5) is 13.2 Å². The monoisotopic (exact) mass is 157 g/mol. The third-order valence-corrected chi connectivity index (χ3v) is 1.09. The summed E-state index contributed by atoms with van der Waals surface area (Å²) in [5, 5.41) is 0. The van der Waals surface area contributed by atoms with Crippen molar-refractivity contribution in [3.8, 4) is 0 Å². The lowest BCUT2D eigenvalue weighted by Gasteiger charge is -2.26. The lowest BCUT2D eigenvalue weighted by molar-refractivity contribution is -0.192. The fourth-order valence-corrected chi connectivity index (χ4v) is 0.382. The fraction of sp³-hybridized carbons (Fsp3) is 1.00. The molecule has 0 spiro atoms. The number of ether oxygens (including phenoxy) is 1. The third-order valence-electron chi connectivity index (χ3n) is 1.09. The van der Waals surface area contributed by atoms with E-state index in [-0.39, 0.29) is 0 Å². The quantitative estimate of drug-likeness (QED) is 0.646. The lowest BCUT2D eigenvalue weighted by Crippen LogP contribution is -2.54. The first-order chi connectivity index (χ1) is 4.31. The predicted octanol–water partition coefficient (Wildman–Crippen LogP) is 0.913. The van der Waals surface area contributed by atoms with Gasteiger partial charge in [0.05, 0.1) is 6.61 Å². The molecule has 0 aromatic heterocycles. The smallest absolute Gasteiger partial charge is 0.382 e. The summed E-state index contributed by atoms with van der Waals surface area (Å²) in [7, 11) is 1.18. The molecule has 5 heteroatoms. The van der Waals surface area contributed by atoms with E-state index in [2.05, 4.69) is 4.74 Å².